The fourth-order valence-electron chi connectivity index (χ4n) is 2.77. The second kappa shape index (κ2) is 11.0. The van der Waals surface area contributed by atoms with Gasteiger partial charge in [0, 0.05) is 6.20 Å². The van der Waals surface area contributed by atoms with E-state index in [1.165, 1.54) is 11.6 Å². The second-order valence-corrected chi connectivity index (χ2v) is 9.26. The minimum absolute atomic E-state index is 0.0195. The molecule has 2 aromatic rings. The van der Waals surface area contributed by atoms with E-state index in [0.29, 0.717) is 5.56 Å². The van der Waals surface area contributed by atoms with E-state index < -0.39 is 18.3 Å². The van der Waals surface area contributed by atoms with Crippen LogP contribution in [0.25, 0.3) is 11.1 Å². The Labute approximate surface area is 187 Å². The first-order valence-corrected chi connectivity index (χ1v) is 11.1. The molecule has 1 fully saturated rings. The van der Waals surface area contributed by atoms with E-state index in [1.807, 2.05) is 65.8 Å². The first-order valence-electron chi connectivity index (χ1n) is 11.1. The smallest absolute Gasteiger partial charge is 0.399 e. The van der Waals surface area contributed by atoms with E-state index in [1.54, 1.807) is 6.20 Å². The number of hydrogen-bond donors (Lipinski definition) is 1. The number of benzene rings is 1. The van der Waals surface area contributed by atoms with Gasteiger partial charge in [0.25, 0.3) is 5.56 Å². The van der Waals surface area contributed by atoms with Gasteiger partial charge in [0.1, 0.15) is 0 Å². The number of rotatable bonds is 4. The number of H-pyrrole nitrogens is 1. The highest BCUT2D eigenvalue weighted by Crippen LogP contribution is 2.36. The topological polar surface area (TPSA) is 73.3 Å². The van der Waals surface area contributed by atoms with Crippen molar-refractivity contribution in [1.29, 1.82) is 0 Å². The molecule has 3 rings (SSSR count). The summed E-state index contributed by atoms with van der Waals surface area (Å²) in [4.78, 5) is 23.3. The lowest BCUT2D eigenvalue weighted by Gasteiger charge is -2.32. The number of nitrogens with one attached hydrogen (secondary N) is 1. The monoisotopic (exact) mass is 430 g/mol. The zero-order valence-corrected chi connectivity index (χ0v) is 20.8. The van der Waals surface area contributed by atoms with Crippen LogP contribution >= 0.6 is 0 Å². The molecule has 1 N–H and O–H groups in total. The van der Waals surface area contributed by atoms with Crippen molar-refractivity contribution < 1.29 is 14.1 Å². The summed E-state index contributed by atoms with van der Waals surface area (Å²) >= 11 is 0. The quantitative estimate of drug-likeness (QED) is 0.729. The van der Waals surface area contributed by atoms with Crippen LogP contribution in [0.2, 0.25) is 0 Å². The van der Waals surface area contributed by atoms with Crippen molar-refractivity contribution in [3.63, 3.8) is 0 Å². The van der Waals surface area contributed by atoms with Gasteiger partial charge in [-0.15, -0.1) is 0 Å². The summed E-state index contributed by atoms with van der Waals surface area (Å²) in [6.07, 6.45) is 1.66. The fourth-order valence-corrected chi connectivity index (χ4v) is 2.77. The van der Waals surface area contributed by atoms with Crippen LogP contribution in [0, 0.1) is 5.92 Å². The van der Waals surface area contributed by atoms with Crippen molar-refractivity contribution in [1.82, 2.24) is 9.78 Å². The molecule has 7 heteroatoms. The standard InChI is InChI=1S/C18H23BN2O4.C4H10.C2H6/c1-12(22)10-21-11-15(16(23)20-21)13-6-8-14(9-7-13)19-24-17(2,3)18(4,5)25-19;1-4(2)3;1-2/h6-9,11H,10H2,1-5H3,(H,20,23);4H,1-3H3;1-2H3. The normalized spacial score (nSPS) is 16.3. The van der Waals surface area contributed by atoms with Crippen molar-refractivity contribution in [3.8, 4) is 11.1 Å². The molecule has 1 aromatic carbocycles. The number of carbonyl (C=O) groups excluding carboxylic acids is 1. The molecule has 1 aromatic heterocycles. The highest BCUT2D eigenvalue weighted by molar-refractivity contribution is 6.62. The Balaban J connectivity index is 0.000000720. The third-order valence-corrected chi connectivity index (χ3v) is 4.91. The Morgan fingerprint density at radius 1 is 1.03 bits per heavy atom. The molecule has 0 aliphatic carbocycles. The van der Waals surface area contributed by atoms with Crippen LogP contribution in [0.5, 0.6) is 0 Å². The van der Waals surface area contributed by atoms with E-state index in [-0.39, 0.29) is 17.9 Å². The van der Waals surface area contributed by atoms with Crippen LogP contribution in [0.15, 0.2) is 35.3 Å². The minimum Gasteiger partial charge on any atom is -0.399 e. The maximum atomic E-state index is 12.1. The van der Waals surface area contributed by atoms with Gasteiger partial charge in [0.15, 0.2) is 5.78 Å². The van der Waals surface area contributed by atoms with E-state index in [0.717, 1.165) is 16.9 Å². The Morgan fingerprint density at radius 3 is 1.90 bits per heavy atom. The summed E-state index contributed by atoms with van der Waals surface area (Å²) in [5, 5.41) is 2.66. The summed E-state index contributed by atoms with van der Waals surface area (Å²) in [7, 11) is -0.431. The molecule has 0 bridgehead atoms. The molecular weight excluding hydrogens is 391 g/mol. The number of aromatic nitrogens is 2. The molecule has 0 atom stereocenters. The zero-order valence-electron chi connectivity index (χ0n) is 20.8. The Kier molecular flexibility index (Phi) is 9.52. The minimum atomic E-state index is -0.431. The summed E-state index contributed by atoms with van der Waals surface area (Å²) in [6.45, 7) is 20.2. The molecule has 1 aliphatic heterocycles. The molecule has 0 spiro atoms. The van der Waals surface area contributed by atoms with Crippen LogP contribution in [0.4, 0.5) is 0 Å². The molecule has 0 saturated carbocycles. The predicted octanol–water partition coefficient (Wildman–Crippen LogP) is 4.42. The van der Waals surface area contributed by atoms with Gasteiger partial charge in [-0.2, -0.15) is 0 Å². The number of hydrogen-bond acceptors (Lipinski definition) is 4. The third kappa shape index (κ3) is 7.22. The van der Waals surface area contributed by atoms with Crippen molar-refractivity contribution in [2.24, 2.45) is 5.92 Å². The van der Waals surface area contributed by atoms with Crippen LogP contribution in [0.3, 0.4) is 0 Å². The summed E-state index contributed by atoms with van der Waals surface area (Å²) in [5.74, 6) is 0.814. The van der Waals surface area contributed by atoms with Crippen molar-refractivity contribution in [2.75, 3.05) is 0 Å². The highest BCUT2D eigenvalue weighted by atomic mass is 16.7. The van der Waals surface area contributed by atoms with E-state index in [2.05, 4.69) is 25.9 Å². The van der Waals surface area contributed by atoms with Crippen molar-refractivity contribution in [3.05, 3.63) is 40.8 Å². The summed E-state index contributed by atoms with van der Waals surface area (Å²) in [6, 6.07) is 7.53. The maximum absolute atomic E-state index is 12.1. The Hall–Kier alpha value is -2.12. The average Bonchev–Trinajstić information content (AvgIpc) is 3.11. The number of aromatic amines is 1. The molecule has 0 amide bonds. The van der Waals surface area contributed by atoms with Gasteiger partial charge in [-0.3, -0.25) is 19.4 Å². The first kappa shape index (κ1) is 26.9. The molecule has 6 nitrogen and oxygen atoms in total. The van der Waals surface area contributed by atoms with E-state index in [9.17, 15) is 9.59 Å². The Bertz CT molecular complexity index is 876. The lowest BCUT2D eigenvalue weighted by molar-refractivity contribution is -0.117. The van der Waals surface area contributed by atoms with Gasteiger partial charge in [0.2, 0.25) is 0 Å². The lowest BCUT2D eigenvalue weighted by Crippen LogP contribution is -2.41. The van der Waals surface area contributed by atoms with Gasteiger partial charge < -0.3 is 9.31 Å². The van der Waals surface area contributed by atoms with Crippen LogP contribution < -0.4 is 11.0 Å². The van der Waals surface area contributed by atoms with Crippen molar-refractivity contribution >= 4 is 18.4 Å². The number of nitrogens with zero attached hydrogens (tertiary/aromatic N) is 1. The van der Waals surface area contributed by atoms with Gasteiger partial charge >= 0.3 is 7.12 Å². The highest BCUT2D eigenvalue weighted by Gasteiger charge is 2.51. The van der Waals surface area contributed by atoms with Crippen LogP contribution in [-0.2, 0) is 20.6 Å². The average molecular weight is 430 g/mol. The summed E-state index contributed by atoms with van der Waals surface area (Å²) < 4.78 is 13.6. The van der Waals surface area contributed by atoms with Gasteiger partial charge in [-0.1, -0.05) is 58.9 Å². The lowest BCUT2D eigenvalue weighted by atomic mass is 9.78. The van der Waals surface area contributed by atoms with Crippen LogP contribution in [0.1, 0.15) is 69.2 Å². The molecular formula is C24H39BN2O4. The zero-order chi connectivity index (χ0) is 24.0. The molecule has 0 unspecified atom stereocenters. The number of Topliss-reactive ketones (excluding diaryl/α,β-unsaturated/α-hetero) is 1. The van der Waals surface area contributed by atoms with E-state index in [4.69, 9.17) is 9.31 Å². The fraction of sp³-hybridized carbons (Fsp3) is 0.583. The molecule has 1 saturated heterocycles. The largest absolute Gasteiger partial charge is 0.494 e. The van der Waals surface area contributed by atoms with Gasteiger partial charge in [-0.05, 0) is 51.6 Å². The molecule has 31 heavy (non-hydrogen) atoms. The van der Waals surface area contributed by atoms with Gasteiger partial charge in [0.05, 0.1) is 23.3 Å². The van der Waals surface area contributed by atoms with E-state index >= 15 is 0 Å². The Morgan fingerprint density at radius 2 is 1.48 bits per heavy atom. The number of carbonyl (C=O) groups is 1. The SMILES string of the molecule is CC.CC(=O)Cn1cc(-c2ccc(B3OC(C)(C)C(C)(C)O3)cc2)c(=O)[nH]1.CC(C)C. The molecule has 2 heterocycles. The second-order valence-electron chi connectivity index (χ2n) is 9.26. The first-order chi connectivity index (χ1) is 14.3. The molecule has 172 valence electrons. The third-order valence-electron chi connectivity index (χ3n) is 4.91. The molecule has 0 radical (unpaired) electrons. The van der Waals surface area contributed by atoms with Gasteiger partial charge in [-0.25, -0.2) is 0 Å². The maximum Gasteiger partial charge on any atom is 0.494 e. The van der Waals surface area contributed by atoms with Crippen molar-refractivity contribution in [2.45, 2.75) is 87.0 Å². The van der Waals surface area contributed by atoms with Crippen LogP contribution in [-0.4, -0.2) is 33.9 Å². The molecule has 1 aliphatic rings. The number of ketones is 1. The predicted molar refractivity (Wildman–Crippen MR) is 129 cm³/mol. The summed E-state index contributed by atoms with van der Waals surface area (Å²) in [5.41, 5.74) is 1.21.